The van der Waals surface area contributed by atoms with E-state index in [0.29, 0.717) is 0 Å². The van der Waals surface area contributed by atoms with Crippen LogP contribution in [0.5, 0.6) is 0 Å². The Hall–Kier alpha value is -0.830. The second-order valence-corrected chi connectivity index (χ2v) is 7.54. The highest BCUT2D eigenvalue weighted by Gasteiger charge is 2.18. The van der Waals surface area contributed by atoms with Crippen LogP contribution < -0.4 is 0 Å². The van der Waals surface area contributed by atoms with E-state index in [4.69, 9.17) is 5.11 Å². The number of carboxylic acids is 1. The maximum Gasteiger partial charge on any atom is 0.320 e. The highest BCUT2D eigenvalue weighted by Crippen LogP contribution is 2.12. The summed E-state index contributed by atoms with van der Waals surface area (Å²) in [6.07, 6.45) is 23.5. The average Bonchev–Trinajstić information content (AvgIpc) is 2.57. The van der Waals surface area contributed by atoms with E-state index < -0.39 is 5.97 Å². The first-order chi connectivity index (χ1) is 12.1. The van der Waals surface area contributed by atoms with Gasteiger partial charge in [0.05, 0.1) is 0 Å². The van der Waals surface area contributed by atoms with Gasteiger partial charge in [0.2, 0.25) is 0 Å². The zero-order valence-corrected chi connectivity index (χ0v) is 17.1. The van der Waals surface area contributed by atoms with E-state index in [1.165, 1.54) is 77.0 Å². The molecule has 0 aliphatic heterocycles. The van der Waals surface area contributed by atoms with Crippen LogP contribution in [0.25, 0.3) is 0 Å². The molecule has 3 nitrogen and oxygen atoms in total. The summed E-state index contributed by atoms with van der Waals surface area (Å²) in [7, 11) is 3.69. The minimum absolute atomic E-state index is 0.322. The Kier molecular flexibility index (Phi) is 17.4. The van der Waals surface area contributed by atoms with Crippen LogP contribution in [0.3, 0.4) is 0 Å². The molecule has 0 aromatic carbocycles. The van der Waals surface area contributed by atoms with Gasteiger partial charge in [0.15, 0.2) is 0 Å². The van der Waals surface area contributed by atoms with Crippen LogP contribution in [0, 0.1) is 0 Å². The van der Waals surface area contributed by atoms with Crippen molar-refractivity contribution in [2.45, 2.75) is 109 Å². The van der Waals surface area contributed by atoms with Gasteiger partial charge >= 0.3 is 5.97 Å². The molecule has 0 aliphatic rings. The van der Waals surface area contributed by atoms with Crippen LogP contribution in [-0.4, -0.2) is 36.1 Å². The molecular formula is C22H43NO2. The third kappa shape index (κ3) is 16.4. The standard InChI is InChI=1S/C22H43NO2/c1-4-5-6-7-8-9-10-11-12-13-14-15-16-17-18-19-20-21(22(24)25)23(2)3/h11-12,21H,4-10,13-20H2,1-3H3,(H,24,25). The fraction of sp³-hybridized carbons (Fsp3) is 0.864. The Morgan fingerprint density at radius 2 is 1.24 bits per heavy atom. The van der Waals surface area contributed by atoms with Crippen molar-refractivity contribution in [2.75, 3.05) is 14.1 Å². The SMILES string of the molecule is CCCCCCCCC=CCCCCCCCCC(C(=O)O)N(C)C. The molecule has 0 aromatic heterocycles. The van der Waals surface area contributed by atoms with Gasteiger partial charge in [-0.3, -0.25) is 9.69 Å². The monoisotopic (exact) mass is 353 g/mol. The fourth-order valence-corrected chi connectivity index (χ4v) is 3.19. The van der Waals surface area contributed by atoms with Crippen LogP contribution in [0.4, 0.5) is 0 Å². The minimum Gasteiger partial charge on any atom is -0.480 e. The predicted octanol–water partition coefficient (Wildman–Crippen LogP) is 6.43. The first-order valence-corrected chi connectivity index (χ1v) is 10.6. The number of allylic oxidation sites excluding steroid dienone is 2. The van der Waals surface area contributed by atoms with Crippen molar-refractivity contribution in [1.29, 1.82) is 0 Å². The fourth-order valence-electron chi connectivity index (χ4n) is 3.19. The predicted molar refractivity (Wildman–Crippen MR) is 109 cm³/mol. The van der Waals surface area contributed by atoms with Crippen molar-refractivity contribution in [3.63, 3.8) is 0 Å². The quantitative estimate of drug-likeness (QED) is 0.228. The second kappa shape index (κ2) is 18.0. The minimum atomic E-state index is -0.697. The van der Waals surface area contributed by atoms with Gasteiger partial charge in [-0.1, -0.05) is 83.3 Å². The molecule has 1 atom stereocenters. The Morgan fingerprint density at radius 3 is 1.68 bits per heavy atom. The van der Waals surface area contributed by atoms with Crippen LogP contribution in [-0.2, 0) is 4.79 Å². The third-order valence-corrected chi connectivity index (χ3v) is 4.90. The molecule has 0 amide bonds. The molecule has 3 heteroatoms. The Morgan fingerprint density at radius 1 is 0.800 bits per heavy atom. The van der Waals surface area contributed by atoms with Crippen molar-refractivity contribution < 1.29 is 9.90 Å². The molecule has 0 heterocycles. The summed E-state index contributed by atoms with van der Waals surface area (Å²) in [5.41, 5.74) is 0. The van der Waals surface area contributed by atoms with Crippen LogP contribution in [0.2, 0.25) is 0 Å². The van der Waals surface area contributed by atoms with Crippen LogP contribution in [0.15, 0.2) is 12.2 Å². The lowest BCUT2D eigenvalue weighted by Gasteiger charge is -2.19. The zero-order valence-electron chi connectivity index (χ0n) is 17.1. The van der Waals surface area contributed by atoms with E-state index in [-0.39, 0.29) is 6.04 Å². The molecule has 25 heavy (non-hydrogen) atoms. The maximum atomic E-state index is 11.1. The number of rotatable bonds is 18. The first-order valence-electron chi connectivity index (χ1n) is 10.6. The number of carboxylic acid groups (broad SMARTS) is 1. The molecule has 1 N–H and O–H groups in total. The highest BCUT2D eigenvalue weighted by atomic mass is 16.4. The molecule has 0 saturated heterocycles. The van der Waals surface area contributed by atoms with E-state index >= 15 is 0 Å². The number of hydrogen-bond donors (Lipinski definition) is 1. The van der Waals surface area contributed by atoms with Crippen molar-refractivity contribution in [3.8, 4) is 0 Å². The van der Waals surface area contributed by atoms with E-state index in [0.717, 1.165) is 19.3 Å². The maximum absolute atomic E-state index is 11.1. The summed E-state index contributed by atoms with van der Waals surface area (Å²) >= 11 is 0. The number of unbranched alkanes of at least 4 members (excludes halogenated alkanes) is 12. The van der Waals surface area contributed by atoms with Crippen molar-refractivity contribution in [1.82, 2.24) is 4.90 Å². The number of likely N-dealkylation sites (N-methyl/N-ethyl adjacent to an activating group) is 1. The van der Waals surface area contributed by atoms with Crippen LogP contribution >= 0.6 is 0 Å². The number of hydrogen-bond acceptors (Lipinski definition) is 2. The van der Waals surface area contributed by atoms with Gasteiger partial charge < -0.3 is 5.11 Å². The molecule has 0 rings (SSSR count). The number of nitrogens with zero attached hydrogens (tertiary/aromatic N) is 1. The molecule has 0 aromatic rings. The second-order valence-electron chi connectivity index (χ2n) is 7.54. The summed E-state index contributed by atoms with van der Waals surface area (Å²) in [5, 5.41) is 9.12. The summed E-state index contributed by atoms with van der Waals surface area (Å²) in [4.78, 5) is 12.9. The smallest absolute Gasteiger partial charge is 0.320 e. The lowest BCUT2D eigenvalue weighted by Crippen LogP contribution is -2.35. The van der Waals surface area contributed by atoms with Gasteiger partial charge in [-0.15, -0.1) is 0 Å². The van der Waals surface area contributed by atoms with E-state index in [1.807, 2.05) is 14.1 Å². The van der Waals surface area contributed by atoms with Gasteiger partial charge in [0, 0.05) is 0 Å². The molecule has 0 spiro atoms. The molecule has 1 unspecified atom stereocenters. The number of aliphatic carboxylic acids is 1. The van der Waals surface area contributed by atoms with E-state index in [1.54, 1.807) is 4.90 Å². The normalized spacial score (nSPS) is 13.0. The summed E-state index contributed by atoms with van der Waals surface area (Å²) in [5.74, 6) is -0.697. The Labute approximate surface area is 156 Å². The lowest BCUT2D eigenvalue weighted by atomic mass is 10.0. The van der Waals surface area contributed by atoms with Crippen molar-refractivity contribution >= 4 is 5.97 Å². The first kappa shape index (κ1) is 24.2. The summed E-state index contributed by atoms with van der Waals surface area (Å²) in [6.45, 7) is 2.27. The van der Waals surface area contributed by atoms with Gasteiger partial charge in [-0.2, -0.15) is 0 Å². The Bertz CT molecular complexity index is 326. The molecule has 148 valence electrons. The molecule has 0 saturated carbocycles. The average molecular weight is 354 g/mol. The van der Waals surface area contributed by atoms with E-state index in [2.05, 4.69) is 19.1 Å². The van der Waals surface area contributed by atoms with Crippen molar-refractivity contribution in [3.05, 3.63) is 12.2 Å². The molecule has 0 radical (unpaired) electrons. The largest absolute Gasteiger partial charge is 0.480 e. The van der Waals surface area contributed by atoms with Gasteiger partial charge in [-0.25, -0.2) is 0 Å². The third-order valence-electron chi connectivity index (χ3n) is 4.90. The molecule has 0 fully saturated rings. The Balaban J connectivity index is 3.30. The lowest BCUT2D eigenvalue weighted by molar-refractivity contribution is -0.142. The van der Waals surface area contributed by atoms with Crippen LogP contribution in [0.1, 0.15) is 103 Å². The molecule has 0 aliphatic carbocycles. The van der Waals surface area contributed by atoms with E-state index in [9.17, 15) is 4.79 Å². The molecule has 0 bridgehead atoms. The number of carbonyl (C=O) groups is 1. The van der Waals surface area contributed by atoms with Gasteiger partial charge in [0.25, 0.3) is 0 Å². The van der Waals surface area contributed by atoms with Gasteiger partial charge in [0.1, 0.15) is 6.04 Å². The van der Waals surface area contributed by atoms with Crippen molar-refractivity contribution in [2.24, 2.45) is 0 Å². The summed E-state index contributed by atoms with van der Waals surface area (Å²) in [6, 6.07) is -0.322. The summed E-state index contributed by atoms with van der Waals surface area (Å²) < 4.78 is 0. The molecular weight excluding hydrogens is 310 g/mol. The van der Waals surface area contributed by atoms with Gasteiger partial charge in [-0.05, 0) is 46.2 Å². The topological polar surface area (TPSA) is 40.5 Å². The highest BCUT2D eigenvalue weighted by molar-refractivity contribution is 5.73. The zero-order chi connectivity index (χ0) is 18.8.